The van der Waals surface area contributed by atoms with Gasteiger partial charge >= 0.3 is 11.7 Å². The number of hydrogen-bond acceptors (Lipinski definition) is 5. The third-order valence-electron chi connectivity index (χ3n) is 3.04. The summed E-state index contributed by atoms with van der Waals surface area (Å²) in [6.45, 7) is -0.0801. The quantitative estimate of drug-likeness (QED) is 0.489. The largest absolute Gasteiger partial charge is 0.480 e. The van der Waals surface area contributed by atoms with Crippen molar-refractivity contribution in [2.75, 3.05) is 6.54 Å². The average molecular weight is 283 g/mol. The summed E-state index contributed by atoms with van der Waals surface area (Å²) < 4.78 is 0. The molecule has 2 heterocycles. The van der Waals surface area contributed by atoms with Gasteiger partial charge in [0, 0.05) is 24.7 Å². The number of carboxylic acid groups (broad SMARTS) is 1. The van der Waals surface area contributed by atoms with Gasteiger partial charge in [-0.2, -0.15) is 0 Å². The summed E-state index contributed by atoms with van der Waals surface area (Å²) in [5, 5.41) is 18.4. The van der Waals surface area contributed by atoms with Gasteiger partial charge in [0.2, 0.25) is 5.91 Å². The van der Waals surface area contributed by atoms with Crippen LogP contribution in [0.5, 0.6) is 0 Å². The van der Waals surface area contributed by atoms with E-state index in [1.165, 1.54) is 0 Å². The summed E-state index contributed by atoms with van der Waals surface area (Å²) in [5.74, 6) is -1.77. The van der Waals surface area contributed by atoms with Crippen molar-refractivity contribution in [1.82, 2.24) is 14.9 Å². The highest BCUT2D eigenvalue weighted by Crippen LogP contribution is 2.19. The van der Waals surface area contributed by atoms with Crippen molar-refractivity contribution in [3.8, 4) is 0 Å². The van der Waals surface area contributed by atoms with Crippen LogP contribution in [0.2, 0.25) is 0 Å². The fourth-order valence-electron chi connectivity index (χ4n) is 2.20. The van der Waals surface area contributed by atoms with Gasteiger partial charge in [-0.05, 0) is 0 Å². The summed E-state index contributed by atoms with van der Waals surface area (Å²) >= 11 is 0. The minimum atomic E-state index is -1.20. The molecule has 1 fully saturated rings. The minimum Gasteiger partial charge on any atom is -0.480 e. The standard InChI is InChI=1S/C11H13N3O6/c15-6-3-7(10(18)19)14(4-6)9(17)2-5-1-8(16)13-11(20)12-5/h1,6-7,15H,2-4H2,(H,18,19)(H2,12,13,16,20)/t6-,7-/m0/s1. The number of aliphatic hydroxyl groups is 1. The van der Waals surface area contributed by atoms with Crippen LogP contribution >= 0.6 is 0 Å². The van der Waals surface area contributed by atoms with Gasteiger partial charge in [0.15, 0.2) is 0 Å². The highest BCUT2D eigenvalue weighted by Gasteiger charge is 2.38. The molecule has 0 bridgehead atoms. The van der Waals surface area contributed by atoms with Crippen LogP contribution in [0.15, 0.2) is 15.7 Å². The Kier molecular flexibility index (Phi) is 3.70. The third-order valence-corrected chi connectivity index (χ3v) is 3.04. The molecule has 0 saturated carbocycles. The van der Waals surface area contributed by atoms with Gasteiger partial charge in [-0.15, -0.1) is 0 Å². The lowest BCUT2D eigenvalue weighted by Crippen LogP contribution is -2.41. The van der Waals surface area contributed by atoms with Gasteiger partial charge in [0.25, 0.3) is 5.56 Å². The summed E-state index contributed by atoms with van der Waals surface area (Å²) in [5.41, 5.74) is -1.29. The van der Waals surface area contributed by atoms with Gasteiger partial charge in [-0.3, -0.25) is 14.6 Å². The molecule has 1 saturated heterocycles. The van der Waals surface area contributed by atoms with E-state index in [-0.39, 0.29) is 25.1 Å². The van der Waals surface area contributed by atoms with Crippen molar-refractivity contribution in [3.05, 3.63) is 32.6 Å². The lowest BCUT2D eigenvalue weighted by Gasteiger charge is -2.20. The Balaban J connectivity index is 2.17. The number of nitrogens with one attached hydrogen (secondary N) is 2. The van der Waals surface area contributed by atoms with Crippen LogP contribution in [0, 0.1) is 0 Å². The normalized spacial score (nSPS) is 21.9. The van der Waals surface area contributed by atoms with Gasteiger partial charge in [-0.25, -0.2) is 9.59 Å². The molecule has 0 spiro atoms. The van der Waals surface area contributed by atoms with Crippen LogP contribution < -0.4 is 11.2 Å². The molecule has 2 atom stereocenters. The monoisotopic (exact) mass is 283 g/mol. The number of aliphatic carboxylic acids is 1. The van der Waals surface area contributed by atoms with E-state index in [4.69, 9.17) is 5.11 Å². The average Bonchev–Trinajstić information content (AvgIpc) is 2.70. The zero-order valence-electron chi connectivity index (χ0n) is 10.3. The molecule has 0 aromatic carbocycles. The molecule has 0 unspecified atom stereocenters. The molecular formula is C11H13N3O6. The van der Waals surface area contributed by atoms with Crippen LogP contribution in [0.3, 0.4) is 0 Å². The molecule has 1 aliphatic heterocycles. The zero-order chi connectivity index (χ0) is 14.9. The fourth-order valence-corrected chi connectivity index (χ4v) is 2.20. The number of aliphatic hydroxyl groups excluding tert-OH is 1. The topological polar surface area (TPSA) is 144 Å². The van der Waals surface area contributed by atoms with E-state index in [9.17, 15) is 24.3 Å². The zero-order valence-corrected chi connectivity index (χ0v) is 10.3. The SMILES string of the molecule is O=C(O)[C@@H]1C[C@H](O)CN1C(=O)Cc1cc(=O)[nH]c(=O)[nH]1. The lowest BCUT2D eigenvalue weighted by atomic mass is 10.2. The number of aromatic amines is 2. The fraction of sp³-hybridized carbons (Fsp3) is 0.455. The van der Waals surface area contributed by atoms with Crippen molar-refractivity contribution < 1.29 is 19.8 Å². The lowest BCUT2D eigenvalue weighted by molar-refractivity contribution is -0.148. The predicted molar refractivity (Wildman–Crippen MR) is 65.1 cm³/mol. The van der Waals surface area contributed by atoms with E-state index >= 15 is 0 Å². The van der Waals surface area contributed by atoms with E-state index in [2.05, 4.69) is 4.98 Å². The van der Waals surface area contributed by atoms with Crippen LogP contribution in [-0.4, -0.2) is 55.6 Å². The van der Waals surface area contributed by atoms with E-state index in [1.54, 1.807) is 0 Å². The van der Waals surface area contributed by atoms with Gasteiger partial charge in [0.1, 0.15) is 6.04 Å². The molecule has 9 heteroatoms. The molecule has 20 heavy (non-hydrogen) atoms. The summed E-state index contributed by atoms with van der Waals surface area (Å²) in [4.78, 5) is 50.5. The molecule has 0 radical (unpaired) electrons. The highest BCUT2D eigenvalue weighted by atomic mass is 16.4. The molecule has 9 nitrogen and oxygen atoms in total. The maximum atomic E-state index is 12.0. The number of carboxylic acids is 1. The highest BCUT2D eigenvalue weighted by molar-refractivity contribution is 5.85. The minimum absolute atomic E-state index is 0.0348. The van der Waals surface area contributed by atoms with Crippen LogP contribution in [0.25, 0.3) is 0 Å². The maximum absolute atomic E-state index is 12.0. The molecule has 1 amide bonds. The summed E-state index contributed by atoms with van der Waals surface area (Å²) in [6, 6.07) is -0.0343. The molecule has 108 valence electrons. The Labute approximate surface area is 111 Å². The second kappa shape index (κ2) is 5.29. The molecule has 4 N–H and O–H groups in total. The number of rotatable bonds is 3. The van der Waals surface area contributed by atoms with E-state index in [0.717, 1.165) is 11.0 Å². The smallest absolute Gasteiger partial charge is 0.326 e. The number of β-amino-alcohol motifs (C(OH)–C–C–N with tert-alkyl or cyclic N) is 1. The molecule has 0 aliphatic carbocycles. The first-order valence-electron chi connectivity index (χ1n) is 5.89. The second-order valence-electron chi connectivity index (χ2n) is 4.58. The first-order chi connectivity index (χ1) is 9.36. The molecule has 1 aromatic heterocycles. The van der Waals surface area contributed by atoms with Crippen molar-refractivity contribution in [3.63, 3.8) is 0 Å². The number of aromatic nitrogens is 2. The molecule has 1 aliphatic rings. The Morgan fingerprint density at radius 1 is 1.35 bits per heavy atom. The van der Waals surface area contributed by atoms with Gasteiger partial charge < -0.3 is 20.1 Å². The molecule has 1 aromatic rings. The Bertz CT molecular complexity index is 620. The van der Waals surface area contributed by atoms with Gasteiger partial charge in [-0.1, -0.05) is 0 Å². The van der Waals surface area contributed by atoms with Gasteiger partial charge in [0.05, 0.1) is 12.5 Å². The Morgan fingerprint density at radius 2 is 2.05 bits per heavy atom. The third kappa shape index (κ3) is 2.94. The van der Waals surface area contributed by atoms with E-state index in [0.29, 0.717) is 0 Å². The summed E-state index contributed by atoms with van der Waals surface area (Å²) in [7, 11) is 0. The molecular weight excluding hydrogens is 270 g/mol. The number of likely N-dealkylation sites (tertiary alicyclic amines) is 1. The van der Waals surface area contributed by atoms with Crippen molar-refractivity contribution in [2.45, 2.75) is 25.0 Å². The molecule has 2 rings (SSSR count). The van der Waals surface area contributed by atoms with E-state index in [1.807, 2.05) is 4.98 Å². The summed E-state index contributed by atoms with van der Waals surface area (Å²) in [6.07, 6.45) is -1.24. The Hall–Kier alpha value is -2.42. The first kappa shape index (κ1) is 14.0. The number of nitrogens with zero attached hydrogens (tertiary/aromatic N) is 1. The van der Waals surface area contributed by atoms with Crippen molar-refractivity contribution in [1.29, 1.82) is 0 Å². The van der Waals surface area contributed by atoms with E-state index < -0.39 is 35.3 Å². The maximum Gasteiger partial charge on any atom is 0.326 e. The number of H-pyrrole nitrogens is 2. The number of amides is 1. The first-order valence-corrected chi connectivity index (χ1v) is 5.89. The number of carbonyl (C=O) groups excluding carboxylic acids is 1. The van der Waals surface area contributed by atoms with Crippen LogP contribution in [0.4, 0.5) is 0 Å². The number of carbonyl (C=O) groups is 2. The van der Waals surface area contributed by atoms with Crippen molar-refractivity contribution in [2.24, 2.45) is 0 Å². The number of hydrogen-bond donors (Lipinski definition) is 4. The van der Waals surface area contributed by atoms with Crippen LogP contribution in [-0.2, 0) is 16.0 Å². The van der Waals surface area contributed by atoms with Crippen molar-refractivity contribution >= 4 is 11.9 Å². The predicted octanol–water partition coefficient (Wildman–Crippen LogP) is -2.35. The Morgan fingerprint density at radius 3 is 2.65 bits per heavy atom. The van der Waals surface area contributed by atoms with Crippen LogP contribution in [0.1, 0.15) is 12.1 Å². The second-order valence-corrected chi connectivity index (χ2v) is 4.58.